The number of amides is 1. The minimum absolute atomic E-state index is 0.102. The number of nitrogens with zero attached hydrogens (tertiary/aromatic N) is 3. The van der Waals surface area contributed by atoms with Gasteiger partial charge in [0.15, 0.2) is 5.58 Å². The number of thioether (sulfide) groups is 1. The molecule has 8 heteroatoms. The summed E-state index contributed by atoms with van der Waals surface area (Å²) in [7, 11) is 3.43. The number of carbonyl (C=O) groups excluding carboxylic acids is 1. The highest BCUT2D eigenvalue weighted by atomic mass is 32.2. The lowest BCUT2D eigenvalue weighted by molar-refractivity contribution is -0.113. The van der Waals surface area contributed by atoms with Gasteiger partial charge in [-0.2, -0.15) is 0 Å². The van der Waals surface area contributed by atoms with Crippen LogP contribution in [0.4, 0.5) is 5.69 Å². The van der Waals surface area contributed by atoms with Gasteiger partial charge in [-0.15, -0.1) is 0 Å². The van der Waals surface area contributed by atoms with Crippen molar-refractivity contribution < 1.29 is 9.21 Å². The molecule has 7 nitrogen and oxygen atoms in total. The number of anilines is 1. The summed E-state index contributed by atoms with van der Waals surface area (Å²) in [6.45, 7) is 0. The smallest absolute Gasteiger partial charge is 0.328 e. The van der Waals surface area contributed by atoms with Gasteiger partial charge in [0.2, 0.25) is 5.91 Å². The maximum Gasteiger partial charge on any atom is 0.328 e. The zero-order valence-corrected chi connectivity index (χ0v) is 15.0. The van der Waals surface area contributed by atoms with Gasteiger partial charge in [0.25, 0.3) is 5.22 Å². The zero-order chi connectivity index (χ0) is 18.3. The molecule has 4 rings (SSSR count). The molecule has 0 saturated heterocycles. The Bertz CT molecular complexity index is 1160. The van der Waals surface area contributed by atoms with Crippen molar-refractivity contribution in [2.75, 3.05) is 11.1 Å². The van der Waals surface area contributed by atoms with Crippen LogP contribution in [-0.2, 0) is 18.9 Å². The van der Waals surface area contributed by atoms with Crippen molar-refractivity contribution >= 4 is 45.5 Å². The van der Waals surface area contributed by atoms with E-state index in [1.807, 2.05) is 30.3 Å². The number of fused-ring (bicyclic) bond motifs is 2. The van der Waals surface area contributed by atoms with Crippen LogP contribution in [0.25, 0.3) is 22.1 Å². The Balaban J connectivity index is 1.46. The molecule has 26 heavy (non-hydrogen) atoms. The monoisotopic (exact) mass is 368 g/mol. The second kappa shape index (κ2) is 6.38. The van der Waals surface area contributed by atoms with Crippen molar-refractivity contribution in [2.45, 2.75) is 5.22 Å². The molecular weight excluding hydrogens is 352 g/mol. The van der Waals surface area contributed by atoms with Crippen LogP contribution in [0.2, 0.25) is 0 Å². The molecule has 2 aromatic carbocycles. The second-order valence-corrected chi connectivity index (χ2v) is 6.82. The van der Waals surface area contributed by atoms with Crippen LogP contribution in [0.1, 0.15) is 0 Å². The van der Waals surface area contributed by atoms with Gasteiger partial charge in [0, 0.05) is 19.8 Å². The van der Waals surface area contributed by atoms with E-state index in [4.69, 9.17) is 4.42 Å². The van der Waals surface area contributed by atoms with E-state index in [0.29, 0.717) is 16.5 Å². The highest BCUT2D eigenvalue weighted by Gasteiger charge is 2.11. The first-order chi connectivity index (χ1) is 12.5. The summed E-state index contributed by atoms with van der Waals surface area (Å²) >= 11 is 1.24. The Hall–Kier alpha value is -3.00. The molecule has 2 aromatic heterocycles. The molecule has 0 bridgehead atoms. The van der Waals surface area contributed by atoms with Crippen LogP contribution >= 0.6 is 11.8 Å². The van der Waals surface area contributed by atoms with Crippen LogP contribution in [0.15, 0.2) is 56.9 Å². The number of nitrogens with one attached hydrogen (secondary N) is 1. The van der Waals surface area contributed by atoms with E-state index in [0.717, 1.165) is 16.6 Å². The average molecular weight is 368 g/mol. The predicted molar refractivity (Wildman–Crippen MR) is 102 cm³/mol. The van der Waals surface area contributed by atoms with Crippen molar-refractivity contribution in [1.29, 1.82) is 0 Å². The normalized spacial score (nSPS) is 11.3. The fraction of sp³-hybridized carbons (Fsp3) is 0.167. The first kappa shape index (κ1) is 16.5. The number of rotatable bonds is 4. The average Bonchev–Trinajstić information content (AvgIpc) is 3.15. The summed E-state index contributed by atoms with van der Waals surface area (Å²) in [6.07, 6.45) is 0. The first-order valence-electron chi connectivity index (χ1n) is 7.96. The van der Waals surface area contributed by atoms with E-state index < -0.39 is 0 Å². The molecule has 1 amide bonds. The quantitative estimate of drug-likeness (QED) is 0.560. The topological polar surface area (TPSA) is 82.1 Å². The molecule has 1 N–H and O–H groups in total. The van der Waals surface area contributed by atoms with Crippen molar-refractivity contribution in [3.05, 3.63) is 52.9 Å². The molecule has 0 aliphatic carbocycles. The largest absolute Gasteiger partial charge is 0.431 e. The molecule has 0 spiro atoms. The summed E-state index contributed by atoms with van der Waals surface area (Å²) in [4.78, 5) is 28.5. The number of oxazole rings is 1. The fourth-order valence-electron chi connectivity index (χ4n) is 2.82. The van der Waals surface area contributed by atoms with Crippen LogP contribution in [0.5, 0.6) is 0 Å². The third-order valence-electron chi connectivity index (χ3n) is 4.16. The summed E-state index contributed by atoms with van der Waals surface area (Å²) in [5, 5.41) is 3.30. The fourth-order valence-corrected chi connectivity index (χ4v) is 3.46. The van der Waals surface area contributed by atoms with E-state index in [1.165, 1.54) is 11.8 Å². The summed E-state index contributed by atoms with van der Waals surface area (Å²) in [6, 6.07) is 12.9. The maximum absolute atomic E-state index is 12.2. The molecule has 0 atom stereocenters. The molecule has 0 saturated carbocycles. The van der Waals surface area contributed by atoms with E-state index >= 15 is 0 Å². The number of aryl methyl sites for hydroxylation is 2. The van der Waals surface area contributed by atoms with Crippen LogP contribution < -0.4 is 11.0 Å². The molecule has 0 aliphatic rings. The SMILES string of the molecule is Cn1c(=O)n(C)c2cc(NC(=O)CSc3nc4ccccc4o3)ccc21. The number of carbonyl (C=O) groups is 1. The number of benzene rings is 2. The molecule has 0 radical (unpaired) electrons. The Kier molecular flexibility index (Phi) is 4.04. The van der Waals surface area contributed by atoms with Gasteiger partial charge in [0.05, 0.1) is 16.8 Å². The molecule has 0 aliphatic heterocycles. The molecule has 0 fully saturated rings. The molecule has 132 valence electrons. The minimum Gasteiger partial charge on any atom is -0.431 e. The number of hydrogen-bond donors (Lipinski definition) is 1. The van der Waals surface area contributed by atoms with Crippen LogP contribution in [0, 0.1) is 0 Å². The van der Waals surface area contributed by atoms with Gasteiger partial charge < -0.3 is 9.73 Å². The number of para-hydroxylation sites is 2. The Morgan fingerprint density at radius 1 is 1.15 bits per heavy atom. The maximum atomic E-state index is 12.2. The van der Waals surface area contributed by atoms with Crippen LogP contribution in [-0.4, -0.2) is 25.8 Å². The van der Waals surface area contributed by atoms with Gasteiger partial charge in [-0.05, 0) is 30.3 Å². The molecule has 4 aromatic rings. The lowest BCUT2D eigenvalue weighted by Gasteiger charge is -2.05. The number of imidazole rings is 1. The standard InChI is InChI=1S/C18H16N4O3S/c1-21-13-8-7-11(9-14(13)22(2)18(21)24)19-16(23)10-26-17-20-12-5-3-4-6-15(12)25-17/h3-9H,10H2,1-2H3,(H,19,23). The Morgan fingerprint density at radius 3 is 2.73 bits per heavy atom. The molecule has 0 unspecified atom stereocenters. The van der Waals surface area contributed by atoms with Crippen molar-refractivity contribution in [3.63, 3.8) is 0 Å². The lowest BCUT2D eigenvalue weighted by atomic mass is 10.2. The van der Waals surface area contributed by atoms with Crippen molar-refractivity contribution in [1.82, 2.24) is 14.1 Å². The third-order valence-corrected chi connectivity index (χ3v) is 4.98. The summed E-state index contributed by atoms with van der Waals surface area (Å²) in [5.41, 5.74) is 3.59. The van der Waals surface area contributed by atoms with E-state index in [-0.39, 0.29) is 17.3 Å². The van der Waals surface area contributed by atoms with Crippen molar-refractivity contribution in [2.24, 2.45) is 14.1 Å². The highest BCUT2D eigenvalue weighted by Crippen LogP contribution is 2.23. The number of aromatic nitrogens is 3. The lowest BCUT2D eigenvalue weighted by Crippen LogP contribution is -2.19. The Labute approximate surface area is 152 Å². The van der Waals surface area contributed by atoms with E-state index in [1.54, 1.807) is 35.4 Å². The van der Waals surface area contributed by atoms with Crippen molar-refractivity contribution in [3.8, 4) is 0 Å². The first-order valence-corrected chi connectivity index (χ1v) is 8.95. The third kappa shape index (κ3) is 2.88. The minimum atomic E-state index is -0.169. The predicted octanol–water partition coefficient (Wildman–Crippen LogP) is 2.75. The number of hydrogen-bond acceptors (Lipinski definition) is 5. The van der Waals surface area contributed by atoms with E-state index in [9.17, 15) is 9.59 Å². The van der Waals surface area contributed by atoms with Gasteiger partial charge in [-0.25, -0.2) is 9.78 Å². The van der Waals surface area contributed by atoms with Gasteiger partial charge >= 0.3 is 5.69 Å². The zero-order valence-electron chi connectivity index (χ0n) is 14.2. The van der Waals surface area contributed by atoms with Crippen LogP contribution in [0.3, 0.4) is 0 Å². The van der Waals surface area contributed by atoms with E-state index in [2.05, 4.69) is 10.3 Å². The molecule has 2 heterocycles. The Morgan fingerprint density at radius 2 is 1.92 bits per heavy atom. The van der Waals surface area contributed by atoms with Gasteiger partial charge in [-0.1, -0.05) is 23.9 Å². The summed E-state index contributed by atoms with van der Waals surface area (Å²) < 4.78 is 8.72. The molecular formula is C18H16N4O3S. The highest BCUT2D eigenvalue weighted by molar-refractivity contribution is 7.99. The van der Waals surface area contributed by atoms with Gasteiger partial charge in [-0.3, -0.25) is 13.9 Å². The summed E-state index contributed by atoms with van der Waals surface area (Å²) in [5.74, 6) is 0.0102. The second-order valence-electron chi connectivity index (χ2n) is 5.89. The van der Waals surface area contributed by atoms with Gasteiger partial charge in [0.1, 0.15) is 5.52 Å².